The maximum absolute atomic E-state index is 14.4. The number of aryl methyl sites for hydroxylation is 1. The SMILES string of the molecule is CCCCCCN(C(=O)C(CCSC)NC(=O)OC(C)(C)C)C(C(=O)Nc1ccc2ccccc2c1)c1cccc(C)c1. The first kappa shape index (κ1) is 34.0. The van der Waals surface area contributed by atoms with Gasteiger partial charge in [0.25, 0.3) is 5.91 Å². The van der Waals surface area contributed by atoms with Gasteiger partial charge in [0.05, 0.1) is 0 Å². The van der Waals surface area contributed by atoms with Crippen molar-refractivity contribution in [3.8, 4) is 0 Å². The molecule has 0 aliphatic heterocycles. The number of fused-ring (bicyclic) bond motifs is 1. The molecular formula is C35H47N3O4S. The van der Waals surface area contributed by atoms with Crippen molar-refractivity contribution in [3.05, 3.63) is 77.9 Å². The Morgan fingerprint density at radius 1 is 0.930 bits per heavy atom. The molecular weight excluding hydrogens is 558 g/mol. The van der Waals surface area contributed by atoms with Crippen LogP contribution in [0.5, 0.6) is 0 Å². The molecule has 0 saturated heterocycles. The minimum Gasteiger partial charge on any atom is -0.444 e. The van der Waals surface area contributed by atoms with E-state index < -0.39 is 23.8 Å². The Bertz CT molecular complexity index is 1370. The highest BCUT2D eigenvalue weighted by Gasteiger charge is 2.36. The van der Waals surface area contributed by atoms with Crippen LogP contribution in [0.3, 0.4) is 0 Å². The van der Waals surface area contributed by atoms with Gasteiger partial charge in [-0.2, -0.15) is 11.8 Å². The van der Waals surface area contributed by atoms with Gasteiger partial charge in [-0.15, -0.1) is 0 Å². The average molecular weight is 606 g/mol. The summed E-state index contributed by atoms with van der Waals surface area (Å²) in [7, 11) is 0. The summed E-state index contributed by atoms with van der Waals surface area (Å²) in [5.74, 6) is 0.0658. The summed E-state index contributed by atoms with van der Waals surface area (Å²) in [6.45, 7) is 9.86. The van der Waals surface area contributed by atoms with E-state index in [-0.39, 0.29) is 11.8 Å². The number of alkyl carbamates (subject to hydrolysis) is 1. The van der Waals surface area contributed by atoms with Crippen molar-refractivity contribution in [1.82, 2.24) is 10.2 Å². The van der Waals surface area contributed by atoms with Crippen molar-refractivity contribution in [2.45, 2.75) is 84.4 Å². The molecule has 3 aromatic carbocycles. The molecule has 3 aromatic rings. The molecule has 2 unspecified atom stereocenters. The third-order valence-electron chi connectivity index (χ3n) is 7.07. The van der Waals surface area contributed by atoms with Gasteiger partial charge in [0, 0.05) is 12.2 Å². The summed E-state index contributed by atoms with van der Waals surface area (Å²) in [5, 5.41) is 8.00. The van der Waals surface area contributed by atoms with Crippen molar-refractivity contribution in [1.29, 1.82) is 0 Å². The Labute approximate surface area is 261 Å². The Morgan fingerprint density at radius 3 is 2.35 bits per heavy atom. The quantitative estimate of drug-likeness (QED) is 0.183. The van der Waals surface area contributed by atoms with E-state index in [0.717, 1.165) is 47.6 Å². The number of hydrogen-bond donors (Lipinski definition) is 2. The molecule has 0 aromatic heterocycles. The number of amides is 3. The van der Waals surface area contributed by atoms with Crippen LogP contribution in [0.25, 0.3) is 10.8 Å². The van der Waals surface area contributed by atoms with E-state index in [1.165, 1.54) is 0 Å². The highest BCUT2D eigenvalue weighted by molar-refractivity contribution is 7.98. The lowest BCUT2D eigenvalue weighted by atomic mass is 9.99. The summed E-state index contributed by atoms with van der Waals surface area (Å²) < 4.78 is 5.51. The Morgan fingerprint density at radius 2 is 1.67 bits per heavy atom. The molecule has 0 radical (unpaired) electrons. The molecule has 0 spiro atoms. The number of ether oxygens (including phenoxy) is 1. The van der Waals surface area contributed by atoms with Crippen molar-refractivity contribution in [2.24, 2.45) is 0 Å². The van der Waals surface area contributed by atoms with Crippen LogP contribution in [-0.2, 0) is 14.3 Å². The van der Waals surface area contributed by atoms with Gasteiger partial charge in [-0.3, -0.25) is 9.59 Å². The van der Waals surface area contributed by atoms with E-state index >= 15 is 0 Å². The first-order chi connectivity index (χ1) is 20.5. The standard InChI is InChI=1S/C35H47N3O4S/c1-7-8-9-12-21-38(33(40)30(20-22-43-6)37-34(41)42-35(3,4)5)31(28-17-13-14-25(2)23-28)32(39)36-29-19-18-26-15-10-11-16-27(26)24-29/h10-11,13-19,23-24,30-31H,7-9,12,20-22H2,1-6H3,(H,36,39)(H,37,41). The van der Waals surface area contributed by atoms with Crippen molar-refractivity contribution < 1.29 is 19.1 Å². The predicted molar refractivity (Wildman–Crippen MR) is 179 cm³/mol. The van der Waals surface area contributed by atoms with Crippen LogP contribution in [0.2, 0.25) is 0 Å². The molecule has 0 aliphatic carbocycles. The van der Waals surface area contributed by atoms with E-state index in [1.807, 2.05) is 79.9 Å². The molecule has 3 amide bonds. The Hall–Kier alpha value is -3.52. The van der Waals surface area contributed by atoms with Crippen LogP contribution in [-0.4, -0.2) is 53.0 Å². The second-order valence-electron chi connectivity index (χ2n) is 11.9. The average Bonchev–Trinajstić information content (AvgIpc) is 2.95. The van der Waals surface area contributed by atoms with Gasteiger partial charge in [-0.1, -0.05) is 86.3 Å². The predicted octanol–water partition coefficient (Wildman–Crippen LogP) is 7.88. The monoisotopic (exact) mass is 605 g/mol. The lowest BCUT2D eigenvalue weighted by molar-refractivity contribution is -0.141. The van der Waals surface area contributed by atoms with Gasteiger partial charge in [-0.05, 0) is 81.0 Å². The first-order valence-corrected chi connectivity index (χ1v) is 16.6. The van der Waals surface area contributed by atoms with E-state index in [4.69, 9.17) is 4.74 Å². The number of unbranched alkanes of at least 4 members (excludes halogenated alkanes) is 3. The lowest BCUT2D eigenvalue weighted by Crippen LogP contribution is -2.52. The fourth-order valence-corrected chi connectivity index (χ4v) is 5.48. The smallest absolute Gasteiger partial charge is 0.408 e. The van der Waals surface area contributed by atoms with E-state index in [2.05, 4.69) is 17.6 Å². The van der Waals surface area contributed by atoms with Gasteiger partial charge in [0.2, 0.25) is 5.91 Å². The number of rotatable bonds is 14. The maximum atomic E-state index is 14.4. The number of nitrogens with zero attached hydrogens (tertiary/aromatic N) is 1. The fraction of sp³-hybridized carbons (Fsp3) is 0.457. The van der Waals surface area contributed by atoms with E-state index in [9.17, 15) is 14.4 Å². The summed E-state index contributed by atoms with van der Waals surface area (Å²) in [4.78, 5) is 43.1. The third kappa shape index (κ3) is 10.6. The third-order valence-corrected chi connectivity index (χ3v) is 7.71. The number of benzene rings is 3. The Kier molecular flexibility index (Phi) is 12.9. The molecule has 2 N–H and O–H groups in total. The van der Waals surface area contributed by atoms with E-state index in [1.54, 1.807) is 37.4 Å². The summed E-state index contributed by atoms with van der Waals surface area (Å²) >= 11 is 1.60. The van der Waals surface area contributed by atoms with Crippen molar-refractivity contribution >= 4 is 46.1 Å². The largest absolute Gasteiger partial charge is 0.444 e. The van der Waals surface area contributed by atoms with Gasteiger partial charge < -0.3 is 20.3 Å². The molecule has 0 heterocycles. The number of nitrogens with one attached hydrogen (secondary N) is 2. The number of carbonyl (C=O) groups excluding carboxylic acids is 3. The minimum absolute atomic E-state index is 0.295. The van der Waals surface area contributed by atoms with Gasteiger partial charge in [0.15, 0.2) is 0 Å². The number of hydrogen-bond acceptors (Lipinski definition) is 5. The first-order valence-electron chi connectivity index (χ1n) is 15.2. The normalized spacial score (nSPS) is 12.8. The summed E-state index contributed by atoms with van der Waals surface area (Å²) in [5.41, 5.74) is 1.67. The van der Waals surface area contributed by atoms with E-state index in [0.29, 0.717) is 24.4 Å². The lowest BCUT2D eigenvalue weighted by Gasteiger charge is -2.35. The van der Waals surface area contributed by atoms with Crippen LogP contribution in [0.1, 0.15) is 77.0 Å². The molecule has 7 nitrogen and oxygen atoms in total. The highest BCUT2D eigenvalue weighted by atomic mass is 32.2. The van der Waals surface area contributed by atoms with Crippen LogP contribution >= 0.6 is 11.8 Å². The van der Waals surface area contributed by atoms with Crippen LogP contribution in [0.4, 0.5) is 10.5 Å². The highest BCUT2D eigenvalue weighted by Crippen LogP contribution is 2.28. The molecule has 3 rings (SSSR count). The molecule has 43 heavy (non-hydrogen) atoms. The zero-order chi connectivity index (χ0) is 31.4. The van der Waals surface area contributed by atoms with Crippen LogP contribution in [0, 0.1) is 6.92 Å². The van der Waals surface area contributed by atoms with Gasteiger partial charge in [0.1, 0.15) is 17.7 Å². The van der Waals surface area contributed by atoms with Crippen LogP contribution in [0.15, 0.2) is 66.7 Å². The van der Waals surface area contributed by atoms with Gasteiger partial charge >= 0.3 is 6.09 Å². The van der Waals surface area contributed by atoms with Gasteiger partial charge in [-0.25, -0.2) is 4.79 Å². The number of carbonyl (C=O) groups is 3. The van der Waals surface area contributed by atoms with Crippen molar-refractivity contribution in [3.63, 3.8) is 0 Å². The zero-order valence-electron chi connectivity index (χ0n) is 26.4. The topological polar surface area (TPSA) is 87.7 Å². The second-order valence-corrected chi connectivity index (χ2v) is 12.9. The number of anilines is 1. The summed E-state index contributed by atoms with van der Waals surface area (Å²) in [6, 6.07) is 19.8. The Balaban J connectivity index is 2.02. The maximum Gasteiger partial charge on any atom is 0.408 e. The number of thioether (sulfide) groups is 1. The fourth-order valence-electron chi connectivity index (χ4n) is 5.01. The molecule has 232 valence electrons. The van der Waals surface area contributed by atoms with Crippen molar-refractivity contribution in [2.75, 3.05) is 23.9 Å². The molecule has 0 fully saturated rings. The molecule has 8 heteroatoms. The summed E-state index contributed by atoms with van der Waals surface area (Å²) in [6.07, 6.45) is 5.49. The van der Waals surface area contributed by atoms with Crippen LogP contribution < -0.4 is 10.6 Å². The minimum atomic E-state index is -0.891. The molecule has 0 bridgehead atoms. The molecule has 0 saturated carbocycles. The second kappa shape index (κ2) is 16.4. The molecule has 2 atom stereocenters. The zero-order valence-corrected chi connectivity index (χ0v) is 27.3. The molecule has 0 aliphatic rings.